The Balaban J connectivity index is 2.48. The first-order valence-electron chi connectivity index (χ1n) is 4.36. The topological polar surface area (TPSA) is 64.1 Å². The molecule has 0 unspecified atom stereocenters. The van der Waals surface area contributed by atoms with Crippen LogP contribution in [0.4, 0.5) is 4.39 Å². The summed E-state index contributed by atoms with van der Waals surface area (Å²) in [6, 6.07) is 0. The van der Waals surface area contributed by atoms with E-state index in [2.05, 4.69) is 0 Å². The van der Waals surface area contributed by atoms with E-state index in [0.29, 0.717) is 13.0 Å². The second kappa shape index (κ2) is 3.79. The Bertz CT molecular complexity index is 484. The average Bonchev–Trinajstić information content (AvgIpc) is 2.58. The maximum absolute atomic E-state index is 12.9. The molecule has 2 atom stereocenters. The molecule has 82 valence electrons. The van der Waals surface area contributed by atoms with Crippen LogP contribution in [-0.2, 0) is 4.74 Å². The maximum atomic E-state index is 12.9. The van der Waals surface area contributed by atoms with Crippen molar-refractivity contribution in [1.29, 1.82) is 0 Å². The van der Waals surface area contributed by atoms with Gasteiger partial charge in [-0.2, -0.15) is 4.39 Å². The van der Waals surface area contributed by atoms with Crippen molar-refractivity contribution in [2.45, 2.75) is 18.0 Å². The standard InChI is InChI=1S/C8H8ClFN2O3/c9-4-1-2-15-7(4)12-3-5(10)6(13)11-8(12)14/h3-4,7H,1-2H2,(H,11,13,14)/t4-,7+/m0/s1. The molecule has 0 spiro atoms. The first kappa shape index (κ1) is 10.4. The highest BCUT2D eigenvalue weighted by atomic mass is 35.5. The molecule has 7 heteroatoms. The summed E-state index contributed by atoms with van der Waals surface area (Å²) in [4.78, 5) is 23.9. The molecule has 1 aliphatic heterocycles. The summed E-state index contributed by atoms with van der Waals surface area (Å²) in [5.41, 5.74) is -1.76. The van der Waals surface area contributed by atoms with E-state index < -0.39 is 28.7 Å². The van der Waals surface area contributed by atoms with Crippen molar-refractivity contribution in [3.8, 4) is 0 Å². The van der Waals surface area contributed by atoms with Gasteiger partial charge in [0, 0.05) is 0 Å². The van der Waals surface area contributed by atoms with E-state index in [1.165, 1.54) is 0 Å². The smallest absolute Gasteiger partial charge is 0.330 e. The van der Waals surface area contributed by atoms with Gasteiger partial charge in [-0.3, -0.25) is 14.3 Å². The van der Waals surface area contributed by atoms with Gasteiger partial charge in [0.15, 0.2) is 6.23 Å². The molecule has 15 heavy (non-hydrogen) atoms. The lowest BCUT2D eigenvalue weighted by Gasteiger charge is -2.15. The third-order valence-electron chi connectivity index (χ3n) is 2.19. The monoisotopic (exact) mass is 234 g/mol. The maximum Gasteiger partial charge on any atom is 0.330 e. The van der Waals surface area contributed by atoms with Gasteiger partial charge in [0.05, 0.1) is 18.2 Å². The number of aromatic amines is 1. The quantitative estimate of drug-likeness (QED) is 0.706. The Morgan fingerprint density at radius 3 is 2.93 bits per heavy atom. The van der Waals surface area contributed by atoms with E-state index in [4.69, 9.17) is 16.3 Å². The number of rotatable bonds is 1. The molecule has 1 aliphatic rings. The average molecular weight is 235 g/mol. The third kappa shape index (κ3) is 1.82. The summed E-state index contributed by atoms with van der Waals surface area (Å²) in [5, 5.41) is -0.395. The summed E-state index contributed by atoms with van der Waals surface area (Å²) >= 11 is 5.88. The Labute approximate surface area is 88.4 Å². The van der Waals surface area contributed by atoms with Crippen molar-refractivity contribution in [3.63, 3.8) is 0 Å². The molecule has 2 rings (SSSR count). The molecule has 1 fully saturated rings. The fourth-order valence-corrected chi connectivity index (χ4v) is 1.74. The number of nitrogens with zero attached hydrogens (tertiary/aromatic N) is 1. The minimum atomic E-state index is -1.04. The van der Waals surface area contributed by atoms with Crippen LogP contribution in [0.1, 0.15) is 12.6 Å². The van der Waals surface area contributed by atoms with Gasteiger partial charge < -0.3 is 4.74 Å². The molecular weight excluding hydrogens is 227 g/mol. The lowest BCUT2D eigenvalue weighted by atomic mass is 10.3. The van der Waals surface area contributed by atoms with Crippen LogP contribution in [0.25, 0.3) is 0 Å². The predicted octanol–water partition coefficient (Wildman–Crippen LogP) is 0.202. The predicted molar refractivity (Wildman–Crippen MR) is 50.5 cm³/mol. The van der Waals surface area contributed by atoms with Gasteiger partial charge in [0.1, 0.15) is 0 Å². The fraction of sp³-hybridized carbons (Fsp3) is 0.500. The van der Waals surface area contributed by atoms with Crippen LogP contribution in [0.2, 0.25) is 0 Å². The van der Waals surface area contributed by atoms with E-state index in [1.807, 2.05) is 4.98 Å². The van der Waals surface area contributed by atoms with Crippen molar-refractivity contribution >= 4 is 11.6 Å². The Hall–Kier alpha value is -1.14. The van der Waals surface area contributed by atoms with Crippen molar-refractivity contribution in [2.75, 3.05) is 6.61 Å². The number of hydrogen-bond donors (Lipinski definition) is 1. The van der Waals surface area contributed by atoms with Crippen LogP contribution in [-0.4, -0.2) is 21.5 Å². The van der Waals surface area contributed by atoms with Crippen LogP contribution in [0.15, 0.2) is 15.8 Å². The zero-order chi connectivity index (χ0) is 11.0. The molecule has 1 aromatic heterocycles. The van der Waals surface area contributed by atoms with Gasteiger partial charge in [-0.05, 0) is 6.42 Å². The van der Waals surface area contributed by atoms with Gasteiger partial charge in [-0.15, -0.1) is 11.6 Å². The Kier molecular flexibility index (Phi) is 2.62. The molecule has 2 heterocycles. The largest absolute Gasteiger partial charge is 0.356 e. The van der Waals surface area contributed by atoms with E-state index in [1.54, 1.807) is 0 Å². The number of ether oxygens (including phenoxy) is 1. The second-order valence-electron chi connectivity index (χ2n) is 3.21. The van der Waals surface area contributed by atoms with Crippen LogP contribution in [0, 0.1) is 5.82 Å². The van der Waals surface area contributed by atoms with Gasteiger partial charge >= 0.3 is 5.69 Å². The molecule has 0 aromatic carbocycles. The van der Waals surface area contributed by atoms with Crippen LogP contribution < -0.4 is 11.2 Å². The highest BCUT2D eigenvalue weighted by molar-refractivity contribution is 6.20. The highest BCUT2D eigenvalue weighted by Gasteiger charge is 2.29. The molecular formula is C8H8ClFN2O3. The summed E-state index contributed by atoms with van der Waals surface area (Å²) in [6.45, 7) is 0.409. The highest BCUT2D eigenvalue weighted by Crippen LogP contribution is 2.26. The lowest BCUT2D eigenvalue weighted by molar-refractivity contribution is 0.0533. The van der Waals surface area contributed by atoms with Gasteiger partial charge in [0.2, 0.25) is 5.82 Å². The van der Waals surface area contributed by atoms with Crippen molar-refractivity contribution in [3.05, 3.63) is 32.9 Å². The van der Waals surface area contributed by atoms with Gasteiger partial charge in [-0.25, -0.2) is 4.79 Å². The molecule has 1 saturated heterocycles. The molecule has 0 bridgehead atoms. The van der Waals surface area contributed by atoms with Crippen LogP contribution in [0.5, 0.6) is 0 Å². The van der Waals surface area contributed by atoms with Crippen LogP contribution >= 0.6 is 11.6 Å². The summed E-state index contributed by atoms with van der Waals surface area (Å²) in [5.74, 6) is -1.03. The second-order valence-corrected chi connectivity index (χ2v) is 3.77. The molecule has 0 saturated carbocycles. The Morgan fingerprint density at radius 1 is 1.60 bits per heavy atom. The van der Waals surface area contributed by atoms with Crippen molar-refractivity contribution < 1.29 is 9.13 Å². The molecule has 1 aromatic rings. The minimum absolute atomic E-state index is 0.395. The van der Waals surface area contributed by atoms with Gasteiger partial charge in [0.25, 0.3) is 5.56 Å². The summed E-state index contributed by atoms with van der Waals surface area (Å²) in [7, 11) is 0. The Morgan fingerprint density at radius 2 is 2.33 bits per heavy atom. The number of halogens is 2. The van der Waals surface area contributed by atoms with Crippen LogP contribution in [0.3, 0.4) is 0 Å². The number of hydrogen-bond acceptors (Lipinski definition) is 3. The molecule has 1 N–H and O–H groups in total. The summed E-state index contributed by atoms with van der Waals surface area (Å²) in [6.07, 6.45) is 0.678. The summed E-state index contributed by atoms with van der Waals surface area (Å²) < 4.78 is 19.1. The molecule has 0 amide bonds. The molecule has 0 aliphatic carbocycles. The third-order valence-corrected chi connectivity index (χ3v) is 2.62. The molecule has 5 nitrogen and oxygen atoms in total. The zero-order valence-corrected chi connectivity index (χ0v) is 8.33. The van der Waals surface area contributed by atoms with E-state index in [-0.39, 0.29) is 0 Å². The SMILES string of the molecule is O=c1[nH]c(=O)n([C@@H]2OCC[C@@H]2Cl)cc1F. The number of nitrogens with one attached hydrogen (secondary N) is 1. The number of H-pyrrole nitrogens is 1. The van der Waals surface area contributed by atoms with Gasteiger partial charge in [-0.1, -0.05) is 0 Å². The lowest BCUT2D eigenvalue weighted by Crippen LogP contribution is -2.35. The zero-order valence-electron chi connectivity index (χ0n) is 7.57. The van der Waals surface area contributed by atoms with E-state index in [0.717, 1.165) is 10.8 Å². The minimum Gasteiger partial charge on any atom is -0.356 e. The normalized spacial score (nSPS) is 25.7. The van der Waals surface area contributed by atoms with E-state index >= 15 is 0 Å². The number of aromatic nitrogens is 2. The van der Waals surface area contributed by atoms with Crippen molar-refractivity contribution in [1.82, 2.24) is 9.55 Å². The fourth-order valence-electron chi connectivity index (χ4n) is 1.45. The van der Waals surface area contributed by atoms with E-state index in [9.17, 15) is 14.0 Å². The van der Waals surface area contributed by atoms with Crippen molar-refractivity contribution in [2.24, 2.45) is 0 Å². The molecule has 0 radical (unpaired) electrons. The number of alkyl halides is 1. The first-order chi connectivity index (χ1) is 7.09. The first-order valence-corrected chi connectivity index (χ1v) is 4.80.